The SMILES string of the molecule is Cc1ccc2ncc(F)c(CCC34CCC(NCC5C=N[N+](CC(F)F)=C5)(CC3)CO4)c2n1. The lowest BCUT2D eigenvalue weighted by atomic mass is 9.69. The lowest BCUT2D eigenvalue weighted by molar-refractivity contribution is -0.537. The molecule has 0 radical (unpaired) electrons. The summed E-state index contributed by atoms with van der Waals surface area (Å²) in [5.74, 6) is -0.305. The van der Waals surface area contributed by atoms with Crippen LogP contribution in [0.15, 0.2) is 23.4 Å². The molecule has 1 atom stereocenters. The predicted octanol–water partition coefficient (Wildman–Crippen LogP) is 3.65. The summed E-state index contributed by atoms with van der Waals surface area (Å²) < 4.78 is 47.4. The summed E-state index contributed by atoms with van der Waals surface area (Å²) in [5, 5.41) is 7.67. The number of alkyl halides is 2. The Morgan fingerprint density at radius 3 is 2.79 bits per heavy atom. The largest absolute Gasteiger partial charge is 0.373 e. The van der Waals surface area contributed by atoms with E-state index in [1.807, 2.05) is 19.1 Å². The van der Waals surface area contributed by atoms with Crippen molar-refractivity contribution in [1.82, 2.24) is 15.3 Å². The minimum absolute atomic E-state index is 0.00522. The topological polar surface area (TPSA) is 62.4 Å². The number of aromatic nitrogens is 2. The van der Waals surface area contributed by atoms with Gasteiger partial charge in [0.1, 0.15) is 5.82 Å². The van der Waals surface area contributed by atoms with Crippen molar-refractivity contribution in [2.75, 3.05) is 19.7 Å². The molecule has 3 fully saturated rings. The highest BCUT2D eigenvalue weighted by molar-refractivity contribution is 5.83. The van der Waals surface area contributed by atoms with Crippen molar-refractivity contribution in [3.8, 4) is 0 Å². The number of halogens is 3. The number of ether oxygens (including phenoxy) is 1. The van der Waals surface area contributed by atoms with Crippen LogP contribution in [0.3, 0.4) is 0 Å². The van der Waals surface area contributed by atoms with Crippen LogP contribution in [0.5, 0.6) is 0 Å². The Morgan fingerprint density at radius 2 is 2.06 bits per heavy atom. The van der Waals surface area contributed by atoms with Crippen LogP contribution >= 0.6 is 0 Å². The number of nitrogens with zero attached hydrogens (tertiary/aromatic N) is 4. The summed E-state index contributed by atoms with van der Waals surface area (Å²) in [7, 11) is 0. The number of rotatable bonds is 8. The van der Waals surface area contributed by atoms with E-state index in [2.05, 4.69) is 20.4 Å². The van der Waals surface area contributed by atoms with Crippen LogP contribution in [0.4, 0.5) is 13.2 Å². The second kappa shape index (κ2) is 8.76. The zero-order chi connectivity index (χ0) is 23.1. The second-order valence-electron chi connectivity index (χ2n) is 9.63. The zero-order valence-corrected chi connectivity index (χ0v) is 18.7. The smallest absolute Gasteiger partial charge is 0.298 e. The lowest BCUT2D eigenvalue weighted by Crippen LogP contribution is -2.62. The Kier molecular flexibility index (Phi) is 5.95. The Hall–Kier alpha value is -2.39. The third-order valence-electron chi connectivity index (χ3n) is 7.32. The fourth-order valence-electron chi connectivity index (χ4n) is 5.26. The number of aryl methyl sites for hydroxylation is 2. The zero-order valence-electron chi connectivity index (χ0n) is 18.7. The summed E-state index contributed by atoms with van der Waals surface area (Å²) in [6.45, 7) is 2.79. The van der Waals surface area contributed by atoms with Crippen LogP contribution in [-0.4, -0.2) is 64.3 Å². The van der Waals surface area contributed by atoms with Gasteiger partial charge in [0.25, 0.3) is 6.43 Å². The molecule has 4 aliphatic rings. The van der Waals surface area contributed by atoms with Crippen LogP contribution in [0.2, 0.25) is 0 Å². The third-order valence-corrected chi connectivity index (χ3v) is 7.32. The highest BCUT2D eigenvalue weighted by Crippen LogP contribution is 2.46. The van der Waals surface area contributed by atoms with Crippen LogP contribution in [0.25, 0.3) is 11.0 Å². The Morgan fingerprint density at radius 1 is 1.24 bits per heavy atom. The first kappa shape index (κ1) is 22.4. The molecule has 1 N–H and O–H groups in total. The molecule has 2 aromatic heterocycles. The van der Waals surface area contributed by atoms with E-state index in [1.165, 1.54) is 10.9 Å². The lowest BCUT2D eigenvalue weighted by Gasteiger charge is -2.54. The van der Waals surface area contributed by atoms with Gasteiger partial charge in [0, 0.05) is 23.3 Å². The van der Waals surface area contributed by atoms with Crippen LogP contribution < -0.4 is 5.32 Å². The molecular weight excluding hydrogens is 431 g/mol. The predicted molar refractivity (Wildman–Crippen MR) is 120 cm³/mol. The molecule has 33 heavy (non-hydrogen) atoms. The van der Waals surface area contributed by atoms with Gasteiger partial charge in [0.05, 0.1) is 41.6 Å². The van der Waals surface area contributed by atoms with E-state index in [4.69, 9.17) is 4.74 Å². The van der Waals surface area contributed by atoms with Gasteiger partial charge in [0.2, 0.25) is 6.54 Å². The fraction of sp³-hybridized carbons (Fsp3) is 0.583. The number of hydrogen-bond donors (Lipinski definition) is 1. The molecule has 176 valence electrons. The summed E-state index contributed by atoms with van der Waals surface area (Å²) in [5.41, 5.74) is 2.50. The molecule has 6 nitrogen and oxygen atoms in total. The van der Waals surface area contributed by atoms with Crippen molar-refractivity contribution in [3.05, 3.63) is 35.4 Å². The molecular formula is C24H29F3N5O+. The molecule has 0 amide bonds. The first-order valence-electron chi connectivity index (χ1n) is 11.6. The Balaban J connectivity index is 1.19. The standard InChI is InChI=1S/C24H29F3N5O/c1-16-2-3-20-22(31-16)18(19(25)12-28-20)4-5-24-8-6-23(7-9-24,15-33-24)29-10-17-11-30-32(13-17)14-21(26)27/h2-3,11-13,17,21,29H,4-10,14-15H2,1H3/q+1. The number of hydrogen-bond acceptors (Lipinski definition) is 5. The van der Waals surface area contributed by atoms with E-state index < -0.39 is 6.43 Å². The van der Waals surface area contributed by atoms with E-state index >= 15 is 0 Å². The molecule has 2 saturated heterocycles. The maximum absolute atomic E-state index is 14.6. The molecule has 2 bridgehead atoms. The number of nitrogens with one attached hydrogen (secondary N) is 1. The number of hydrazone groups is 1. The number of pyridine rings is 2. The monoisotopic (exact) mass is 460 g/mol. The van der Waals surface area contributed by atoms with E-state index in [0.717, 1.165) is 37.8 Å². The van der Waals surface area contributed by atoms with Gasteiger partial charge in [-0.25, -0.2) is 13.2 Å². The van der Waals surface area contributed by atoms with Gasteiger partial charge in [0.15, 0.2) is 6.21 Å². The fourth-order valence-corrected chi connectivity index (χ4v) is 5.26. The summed E-state index contributed by atoms with van der Waals surface area (Å²) in [6.07, 6.45) is 7.45. The van der Waals surface area contributed by atoms with Gasteiger partial charge in [-0.05, 0) is 62.7 Å². The minimum atomic E-state index is -2.40. The van der Waals surface area contributed by atoms with Crippen molar-refractivity contribution in [1.29, 1.82) is 0 Å². The van der Waals surface area contributed by atoms with E-state index in [9.17, 15) is 13.2 Å². The third kappa shape index (κ3) is 4.66. The van der Waals surface area contributed by atoms with Gasteiger partial charge in [-0.1, -0.05) is 4.68 Å². The van der Waals surface area contributed by atoms with Crippen LogP contribution in [0, 0.1) is 18.7 Å². The van der Waals surface area contributed by atoms with E-state index in [-0.39, 0.29) is 29.4 Å². The van der Waals surface area contributed by atoms with Crippen molar-refractivity contribution in [3.63, 3.8) is 0 Å². The van der Waals surface area contributed by atoms with Gasteiger partial charge >= 0.3 is 0 Å². The van der Waals surface area contributed by atoms with E-state index in [0.29, 0.717) is 36.2 Å². The highest BCUT2D eigenvalue weighted by atomic mass is 19.3. The van der Waals surface area contributed by atoms with Crippen LogP contribution in [0.1, 0.15) is 43.4 Å². The van der Waals surface area contributed by atoms with Crippen LogP contribution in [-0.2, 0) is 11.2 Å². The van der Waals surface area contributed by atoms with Crippen molar-refractivity contribution in [2.24, 2.45) is 11.0 Å². The molecule has 0 aromatic carbocycles. The second-order valence-corrected chi connectivity index (χ2v) is 9.63. The average molecular weight is 461 g/mol. The molecule has 6 rings (SSSR count). The highest BCUT2D eigenvalue weighted by Gasteiger charge is 2.49. The van der Waals surface area contributed by atoms with Gasteiger partial charge in [-0.15, -0.1) is 0 Å². The summed E-state index contributed by atoms with van der Waals surface area (Å²) in [4.78, 5) is 8.72. The van der Waals surface area contributed by atoms with Crippen molar-refractivity contribution >= 4 is 23.5 Å². The average Bonchev–Trinajstić information content (AvgIpc) is 3.25. The minimum Gasteiger partial charge on any atom is -0.373 e. The van der Waals surface area contributed by atoms with Gasteiger partial charge in [-0.2, -0.15) is 0 Å². The molecule has 2 aromatic rings. The quantitative estimate of drug-likeness (QED) is 0.611. The normalized spacial score (nSPS) is 28.8. The maximum atomic E-state index is 14.6. The summed E-state index contributed by atoms with van der Waals surface area (Å²) in [6, 6.07) is 3.77. The molecule has 1 unspecified atom stereocenters. The molecule has 0 spiro atoms. The molecule has 1 saturated carbocycles. The Labute approximate surface area is 191 Å². The first-order valence-corrected chi connectivity index (χ1v) is 11.6. The van der Waals surface area contributed by atoms with Crippen molar-refractivity contribution < 1.29 is 22.6 Å². The van der Waals surface area contributed by atoms with Gasteiger partial charge < -0.3 is 10.1 Å². The Bertz CT molecular complexity index is 1070. The molecule has 5 heterocycles. The molecule has 3 aliphatic heterocycles. The maximum Gasteiger partial charge on any atom is 0.298 e. The first-order chi connectivity index (χ1) is 15.9. The van der Waals surface area contributed by atoms with Gasteiger partial charge in [-0.3, -0.25) is 9.97 Å². The number of fused-ring (bicyclic) bond motifs is 4. The molecule has 1 aliphatic carbocycles. The van der Waals surface area contributed by atoms with E-state index in [1.54, 1.807) is 12.4 Å². The summed E-state index contributed by atoms with van der Waals surface area (Å²) >= 11 is 0. The van der Waals surface area contributed by atoms with Crippen molar-refractivity contribution in [2.45, 2.75) is 63.0 Å². The molecule has 9 heteroatoms.